The molecule has 98 valence electrons. The van der Waals surface area contributed by atoms with Gasteiger partial charge in [-0.25, -0.2) is 0 Å². The van der Waals surface area contributed by atoms with Crippen LogP contribution in [0, 0.1) is 19.8 Å². The van der Waals surface area contributed by atoms with E-state index in [-0.39, 0.29) is 0 Å². The first-order valence-corrected chi connectivity index (χ1v) is 6.72. The molecule has 0 radical (unpaired) electrons. The Morgan fingerprint density at radius 3 is 2.33 bits per heavy atom. The van der Waals surface area contributed by atoms with Crippen molar-refractivity contribution in [3.63, 3.8) is 0 Å². The van der Waals surface area contributed by atoms with Crippen LogP contribution >= 0.6 is 0 Å². The summed E-state index contributed by atoms with van der Waals surface area (Å²) < 4.78 is 2.25. The lowest BCUT2D eigenvalue weighted by Gasteiger charge is -2.19. The summed E-state index contributed by atoms with van der Waals surface area (Å²) in [4.78, 5) is 0. The van der Waals surface area contributed by atoms with Crippen LogP contribution in [0.2, 0.25) is 0 Å². The predicted molar refractivity (Wildman–Crippen MR) is 79.0 cm³/mol. The largest absolute Gasteiger partial charge is 0.350 e. The molecule has 1 heterocycles. The predicted octanol–water partition coefficient (Wildman–Crippen LogP) is 3.49. The summed E-state index contributed by atoms with van der Waals surface area (Å²) in [7, 11) is 2.13. The standard InChI is InChI=1S/C16H24N2/c1-10(2)13(8-17)14-9-18(5)16-12(4)7-6-11(3)15(14)16/h6-7,9-10,13H,8,17H2,1-5H3. The topological polar surface area (TPSA) is 30.9 Å². The molecule has 0 aliphatic carbocycles. The van der Waals surface area contributed by atoms with Gasteiger partial charge in [-0.1, -0.05) is 26.0 Å². The van der Waals surface area contributed by atoms with Crippen LogP contribution in [0.3, 0.4) is 0 Å². The SMILES string of the molecule is Cc1ccc(C)c2c1c(C(CN)C(C)C)cn2C. The third kappa shape index (κ3) is 1.95. The van der Waals surface area contributed by atoms with Crippen LogP contribution < -0.4 is 5.73 Å². The van der Waals surface area contributed by atoms with Crippen LogP contribution in [0.5, 0.6) is 0 Å². The maximum Gasteiger partial charge on any atom is 0.0513 e. The zero-order valence-corrected chi connectivity index (χ0v) is 12.1. The number of hydrogen-bond donors (Lipinski definition) is 1. The van der Waals surface area contributed by atoms with Gasteiger partial charge in [0, 0.05) is 24.5 Å². The highest BCUT2D eigenvalue weighted by molar-refractivity contribution is 5.90. The van der Waals surface area contributed by atoms with E-state index in [1.165, 1.54) is 27.6 Å². The second-order valence-electron chi connectivity index (χ2n) is 5.70. The molecule has 0 bridgehead atoms. The first kappa shape index (κ1) is 13.2. The van der Waals surface area contributed by atoms with Crippen LogP contribution in [-0.2, 0) is 7.05 Å². The minimum Gasteiger partial charge on any atom is -0.350 e. The molecule has 0 spiro atoms. The van der Waals surface area contributed by atoms with Crippen molar-refractivity contribution in [1.29, 1.82) is 0 Å². The van der Waals surface area contributed by atoms with E-state index in [9.17, 15) is 0 Å². The van der Waals surface area contributed by atoms with Gasteiger partial charge < -0.3 is 10.3 Å². The molecule has 2 aromatic rings. The Morgan fingerprint density at radius 2 is 1.78 bits per heavy atom. The monoisotopic (exact) mass is 244 g/mol. The Labute approximate surface area is 110 Å². The second-order valence-corrected chi connectivity index (χ2v) is 5.70. The van der Waals surface area contributed by atoms with Crippen LogP contribution in [0.15, 0.2) is 18.3 Å². The van der Waals surface area contributed by atoms with Gasteiger partial charge in [-0.15, -0.1) is 0 Å². The lowest BCUT2D eigenvalue weighted by Crippen LogP contribution is -2.17. The Morgan fingerprint density at radius 1 is 1.17 bits per heavy atom. The van der Waals surface area contributed by atoms with E-state index >= 15 is 0 Å². The summed E-state index contributed by atoms with van der Waals surface area (Å²) in [5.74, 6) is 1.01. The zero-order chi connectivity index (χ0) is 13.4. The molecule has 1 aromatic carbocycles. The van der Waals surface area contributed by atoms with Crippen molar-refractivity contribution in [2.45, 2.75) is 33.6 Å². The van der Waals surface area contributed by atoms with Crippen molar-refractivity contribution in [3.8, 4) is 0 Å². The van der Waals surface area contributed by atoms with Gasteiger partial charge in [0.25, 0.3) is 0 Å². The van der Waals surface area contributed by atoms with Crippen LogP contribution in [0.4, 0.5) is 0 Å². The van der Waals surface area contributed by atoms with Crippen LogP contribution in [0.1, 0.15) is 36.5 Å². The van der Waals surface area contributed by atoms with E-state index in [2.05, 4.69) is 57.6 Å². The molecule has 2 heteroatoms. The first-order chi connectivity index (χ1) is 8.47. The quantitative estimate of drug-likeness (QED) is 0.880. The molecule has 1 unspecified atom stereocenters. The average molecular weight is 244 g/mol. The van der Waals surface area contributed by atoms with Crippen LogP contribution in [-0.4, -0.2) is 11.1 Å². The van der Waals surface area contributed by atoms with Crippen molar-refractivity contribution in [2.24, 2.45) is 18.7 Å². The molecule has 0 aliphatic heterocycles. The normalized spacial score (nSPS) is 13.5. The molecule has 2 nitrogen and oxygen atoms in total. The second kappa shape index (κ2) is 4.77. The number of benzene rings is 1. The number of hydrogen-bond acceptors (Lipinski definition) is 1. The van der Waals surface area contributed by atoms with Crippen molar-refractivity contribution in [3.05, 3.63) is 35.0 Å². The van der Waals surface area contributed by atoms with Gasteiger partial charge in [0.2, 0.25) is 0 Å². The average Bonchev–Trinajstić information content (AvgIpc) is 2.63. The first-order valence-electron chi connectivity index (χ1n) is 6.72. The fourth-order valence-electron chi connectivity index (χ4n) is 2.99. The summed E-state index contributed by atoms with van der Waals surface area (Å²) in [5.41, 5.74) is 11.4. The molecule has 1 atom stereocenters. The summed E-state index contributed by atoms with van der Waals surface area (Å²) in [6.45, 7) is 9.59. The molecular weight excluding hydrogens is 220 g/mol. The van der Waals surface area contributed by atoms with E-state index in [4.69, 9.17) is 5.73 Å². The number of aromatic nitrogens is 1. The molecule has 18 heavy (non-hydrogen) atoms. The lowest BCUT2D eigenvalue weighted by molar-refractivity contribution is 0.508. The van der Waals surface area contributed by atoms with Gasteiger partial charge in [0.15, 0.2) is 0 Å². The van der Waals surface area contributed by atoms with E-state index in [0.717, 1.165) is 0 Å². The summed E-state index contributed by atoms with van der Waals surface area (Å²) in [6, 6.07) is 4.42. The Balaban J connectivity index is 2.76. The molecule has 1 aromatic heterocycles. The molecule has 0 aliphatic rings. The fraction of sp³-hybridized carbons (Fsp3) is 0.500. The Bertz CT molecular complexity index is 564. The van der Waals surface area contributed by atoms with Gasteiger partial charge in [0.1, 0.15) is 0 Å². The number of aryl methyl sites for hydroxylation is 3. The molecule has 0 saturated heterocycles. The molecule has 2 rings (SSSR count). The lowest BCUT2D eigenvalue weighted by atomic mass is 9.87. The minimum atomic E-state index is 0.439. The van der Waals surface area contributed by atoms with Gasteiger partial charge in [0.05, 0.1) is 5.52 Å². The molecule has 0 fully saturated rings. The molecule has 0 saturated carbocycles. The zero-order valence-electron chi connectivity index (χ0n) is 12.1. The highest BCUT2D eigenvalue weighted by Gasteiger charge is 2.20. The van der Waals surface area contributed by atoms with Crippen LogP contribution in [0.25, 0.3) is 10.9 Å². The maximum atomic E-state index is 5.98. The third-order valence-corrected chi connectivity index (χ3v) is 4.02. The van der Waals surface area contributed by atoms with Gasteiger partial charge >= 0.3 is 0 Å². The summed E-state index contributed by atoms with van der Waals surface area (Å²) >= 11 is 0. The minimum absolute atomic E-state index is 0.439. The number of rotatable bonds is 3. The van der Waals surface area contributed by atoms with Gasteiger partial charge in [-0.3, -0.25) is 0 Å². The van der Waals surface area contributed by atoms with Crippen molar-refractivity contribution < 1.29 is 0 Å². The van der Waals surface area contributed by atoms with Crippen molar-refractivity contribution in [1.82, 2.24) is 4.57 Å². The van der Waals surface area contributed by atoms with E-state index in [1.54, 1.807) is 0 Å². The smallest absolute Gasteiger partial charge is 0.0513 e. The van der Waals surface area contributed by atoms with Gasteiger partial charge in [-0.05, 0) is 43.0 Å². The van der Waals surface area contributed by atoms with E-state index in [1.807, 2.05) is 0 Å². The number of nitrogens with zero attached hydrogens (tertiary/aromatic N) is 1. The molecule has 2 N–H and O–H groups in total. The third-order valence-electron chi connectivity index (χ3n) is 4.02. The van der Waals surface area contributed by atoms with Crippen molar-refractivity contribution in [2.75, 3.05) is 6.54 Å². The highest BCUT2D eigenvalue weighted by Crippen LogP contribution is 2.34. The molecule has 0 amide bonds. The van der Waals surface area contributed by atoms with Crippen molar-refractivity contribution >= 4 is 10.9 Å². The maximum absolute atomic E-state index is 5.98. The Hall–Kier alpha value is -1.28. The number of nitrogens with two attached hydrogens (primary N) is 1. The van der Waals surface area contributed by atoms with E-state index in [0.29, 0.717) is 18.4 Å². The van der Waals surface area contributed by atoms with Gasteiger partial charge in [-0.2, -0.15) is 0 Å². The highest BCUT2D eigenvalue weighted by atomic mass is 14.9. The Kier molecular flexibility index (Phi) is 3.49. The fourth-order valence-corrected chi connectivity index (χ4v) is 2.99. The van der Waals surface area contributed by atoms with E-state index < -0.39 is 0 Å². The summed E-state index contributed by atoms with van der Waals surface area (Å²) in [6.07, 6.45) is 2.27. The number of fused-ring (bicyclic) bond motifs is 1. The molecular formula is C16H24N2. The summed E-state index contributed by atoms with van der Waals surface area (Å²) in [5, 5.41) is 1.40.